The highest BCUT2D eigenvalue weighted by molar-refractivity contribution is 7.14. The zero-order valence-electron chi connectivity index (χ0n) is 13.4. The predicted octanol–water partition coefficient (Wildman–Crippen LogP) is 6.50. The molecule has 0 bridgehead atoms. The maximum absolute atomic E-state index is 5.99. The van der Waals surface area contributed by atoms with Crippen LogP contribution in [0.4, 0.5) is 11.1 Å². The number of benzene rings is 3. The molecule has 126 valence electrons. The van der Waals surface area contributed by atoms with Crippen LogP contribution in [0.25, 0.3) is 33.1 Å². The summed E-state index contributed by atoms with van der Waals surface area (Å²) in [6.07, 6.45) is 0. The first-order chi connectivity index (χ1) is 12.7. The number of hydrogen-bond acceptors (Lipinski definition) is 5. The molecule has 0 aliphatic heterocycles. The summed E-state index contributed by atoms with van der Waals surface area (Å²) in [6, 6.07) is 20.4. The quantitative estimate of drug-likeness (QED) is 0.389. The van der Waals surface area contributed by atoms with Gasteiger partial charge in [0.2, 0.25) is 0 Å². The molecule has 2 aromatic heterocycles. The minimum absolute atomic E-state index is 0.404. The Labute approximate surface area is 158 Å². The Morgan fingerprint density at radius 2 is 1.81 bits per heavy atom. The summed E-state index contributed by atoms with van der Waals surface area (Å²) in [4.78, 5) is 9.05. The standard InChI is InChI=1S/C20H12ClN3OS/c21-15-7-8-18-16(10-15)22-19(25-18)24-20-23-17(11-26-20)14-6-5-12-3-1-2-4-13(12)9-14/h1-11H,(H,22,23,24). The summed E-state index contributed by atoms with van der Waals surface area (Å²) >= 11 is 7.50. The summed E-state index contributed by atoms with van der Waals surface area (Å²) in [5.74, 6) is 0. The molecule has 4 nitrogen and oxygen atoms in total. The van der Waals surface area contributed by atoms with Gasteiger partial charge in [-0.1, -0.05) is 48.0 Å². The fourth-order valence-corrected chi connectivity index (χ4v) is 3.73. The van der Waals surface area contributed by atoms with Gasteiger partial charge in [0.15, 0.2) is 10.7 Å². The van der Waals surface area contributed by atoms with Crippen LogP contribution < -0.4 is 5.32 Å². The zero-order valence-corrected chi connectivity index (χ0v) is 15.0. The molecule has 5 aromatic rings. The smallest absolute Gasteiger partial charge is 0.302 e. The highest BCUT2D eigenvalue weighted by Crippen LogP contribution is 2.30. The molecule has 6 heteroatoms. The van der Waals surface area contributed by atoms with Gasteiger partial charge in [0.1, 0.15) is 5.52 Å². The maximum Gasteiger partial charge on any atom is 0.302 e. The van der Waals surface area contributed by atoms with Gasteiger partial charge in [-0.25, -0.2) is 4.98 Å². The van der Waals surface area contributed by atoms with Crippen LogP contribution in [-0.4, -0.2) is 9.97 Å². The van der Waals surface area contributed by atoms with Crippen LogP contribution in [0.5, 0.6) is 0 Å². The van der Waals surface area contributed by atoms with E-state index in [1.54, 1.807) is 18.2 Å². The molecular formula is C20H12ClN3OS. The van der Waals surface area contributed by atoms with Crippen molar-refractivity contribution in [1.82, 2.24) is 9.97 Å². The molecule has 0 saturated heterocycles. The summed E-state index contributed by atoms with van der Waals surface area (Å²) in [5, 5.41) is 8.92. The van der Waals surface area contributed by atoms with Crippen molar-refractivity contribution in [3.8, 4) is 11.3 Å². The monoisotopic (exact) mass is 377 g/mol. The van der Waals surface area contributed by atoms with E-state index in [4.69, 9.17) is 16.0 Å². The molecule has 0 radical (unpaired) electrons. The third-order valence-electron chi connectivity index (χ3n) is 4.11. The lowest BCUT2D eigenvalue weighted by molar-refractivity contribution is 0.623. The van der Waals surface area contributed by atoms with Crippen molar-refractivity contribution >= 4 is 56.0 Å². The third-order valence-corrected chi connectivity index (χ3v) is 5.11. The fraction of sp³-hybridized carbons (Fsp3) is 0. The summed E-state index contributed by atoms with van der Waals surface area (Å²) in [6.45, 7) is 0. The number of fused-ring (bicyclic) bond motifs is 2. The van der Waals surface area contributed by atoms with E-state index >= 15 is 0 Å². The van der Waals surface area contributed by atoms with E-state index in [1.807, 2.05) is 17.5 Å². The predicted molar refractivity (Wildman–Crippen MR) is 107 cm³/mol. The lowest BCUT2D eigenvalue weighted by Crippen LogP contribution is -1.89. The van der Waals surface area contributed by atoms with Crippen molar-refractivity contribution in [2.75, 3.05) is 5.32 Å². The Bertz CT molecular complexity index is 1240. The van der Waals surface area contributed by atoms with Gasteiger partial charge in [0.25, 0.3) is 0 Å². The fourth-order valence-electron chi connectivity index (χ4n) is 2.86. The molecule has 2 heterocycles. The average Bonchev–Trinajstić information content (AvgIpc) is 3.27. The third kappa shape index (κ3) is 2.81. The number of thiazole rings is 1. The normalized spacial score (nSPS) is 11.3. The first-order valence-electron chi connectivity index (χ1n) is 8.02. The molecule has 0 unspecified atom stereocenters. The molecule has 0 atom stereocenters. The molecule has 1 N–H and O–H groups in total. The second-order valence-electron chi connectivity index (χ2n) is 5.86. The molecule has 5 rings (SSSR count). The van der Waals surface area contributed by atoms with Crippen molar-refractivity contribution in [3.63, 3.8) is 0 Å². The average molecular weight is 378 g/mol. The number of nitrogens with one attached hydrogen (secondary N) is 1. The molecule has 0 saturated carbocycles. The van der Waals surface area contributed by atoms with Gasteiger partial charge < -0.3 is 4.42 Å². The number of hydrogen-bond donors (Lipinski definition) is 1. The number of anilines is 2. The molecule has 0 aliphatic carbocycles. The zero-order chi connectivity index (χ0) is 17.5. The number of nitrogens with zero attached hydrogens (tertiary/aromatic N) is 2. The number of halogens is 1. The molecule has 0 amide bonds. The molecule has 0 fully saturated rings. The molecule has 0 spiro atoms. The van der Waals surface area contributed by atoms with Gasteiger partial charge in [-0.05, 0) is 35.0 Å². The van der Waals surface area contributed by atoms with Crippen LogP contribution in [0.15, 0.2) is 70.5 Å². The summed E-state index contributed by atoms with van der Waals surface area (Å²) in [7, 11) is 0. The van der Waals surface area contributed by atoms with Crippen LogP contribution in [0.3, 0.4) is 0 Å². The van der Waals surface area contributed by atoms with Crippen LogP contribution in [0.2, 0.25) is 5.02 Å². The van der Waals surface area contributed by atoms with E-state index < -0.39 is 0 Å². The Morgan fingerprint density at radius 1 is 0.923 bits per heavy atom. The van der Waals surface area contributed by atoms with Crippen LogP contribution >= 0.6 is 22.9 Å². The van der Waals surface area contributed by atoms with Crippen molar-refractivity contribution in [2.45, 2.75) is 0 Å². The first-order valence-corrected chi connectivity index (χ1v) is 9.28. The molecule has 26 heavy (non-hydrogen) atoms. The SMILES string of the molecule is Clc1ccc2oc(Nc3nc(-c4ccc5ccccc5c4)cs3)nc2c1. The summed E-state index contributed by atoms with van der Waals surface area (Å²) in [5.41, 5.74) is 3.40. The van der Waals surface area contributed by atoms with E-state index in [2.05, 4.69) is 45.6 Å². The largest absolute Gasteiger partial charge is 0.423 e. The Hall–Kier alpha value is -2.89. The van der Waals surface area contributed by atoms with E-state index in [0.717, 1.165) is 16.4 Å². The van der Waals surface area contributed by atoms with Gasteiger partial charge in [-0.15, -0.1) is 11.3 Å². The van der Waals surface area contributed by atoms with E-state index in [9.17, 15) is 0 Å². The Kier molecular flexibility index (Phi) is 3.62. The number of rotatable bonds is 3. The Balaban J connectivity index is 1.44. The first kappa shape index (κ1) is 15.4. The van der Waals surface area contributed by atoms with Gasteiger partial charge in [-0.2, -0.15) is 4.98 Å². The highest BCUT2D eigenvalue weighted by Gasteiger charge is 2.10. The summed E-state index contributed by atoms with van der Waals surface area (Å²) < 4.78 is 5.69. The second-order valence-corrected chi connectivity index (χ2v) is 7.15. The number of aromatic nitrogens is 2. The van der Waals surface area contributed by atoms with Gasteiger partial charge in [-0.3, -0.25) is 5.32 Å². The maximum atomic E-state index is 5.99. The molecule has 3 aromatic carbocycles. The Morgan fingerprint density at radius 3 is 2.73 bits per heavy atom. The van der Waals surface area contributed by atoms with Crippen molar-refractivity contribution in [3.05, 3.63) is 71.1 Å². The molecule has 0 aliphatic rings. The van der Waals surface area contributed by atoms with Gasteiger partial charge in [0, 0.05) is 16.0 Å². The highest BCUT2D eigenvalue weighted by atomic mass is 35.5. The van der Waals surface area contributed by atoms with Crippen LogP contribution in [0.1, 0.15) is 0 Å². The van der Waals surface area contributed by atoms with Gasteiger partial charge >= 0.3 is 6.01 Å². The number of oxazole rings is 1. The minimum Gasteiger partial charge on any atom is -0.423 e. The van der Waals surface area contributed by atoms with Crippen molar-refractivity contribution in [1.29, 1.82) is 0 Å². The minimum atomic E-state index is 0.404. The lowest BCUT2D eigenvalue weighted by Gasteiger charge is -2.01. The van der Waals surface area contributed by atoms with E-state index in [1.165, 1.54) is 22.1 Å². The van der Waals surface area contributed by atoms with Crippen molar-refractivity contribution in [2.24, 2.45) is 0 Å². The lowest BCUT2D eigenvalue weighted by atomic mass is 10.1. The van der Waals surface area contributed by atoms with Crippen molar-refractivity contribution < 1.29 is 4.42 Å². The second kappa shape index (κ2) is 6.12. The topological polar surface area (TPSA) is 51.0 Å². The van der Waals surface area contributed by atoms with Gasteiger partial charge in [0.05, 0.1) is 5.69 Å². The van der Waals surface area contributed by atoms with Crippen LogP contribution in [-0.2, 0) is 0 Å². The van der Waals surface area contributed by atoms with E-state index in [-0.39, 0.29) is 0 Å². The molecular weight excluding hydrogens is 366 g/mol. The van der Waals surface area contributed by atoms with E-state index in [0.29, 0.717) is 22.1 Å². The van der Waals surface area contributed by atoms with Crippen LogP contribution in [0, 0.1) is 0 Å².